The quantitative estimate of drug-likeness (QED) is 0.838. The molecule has 0 amide bonds. The minimum Gasteiger partial charge on any atom is -0.334 e. The SMILES string of the molecule is CCC(NCc1cncn1CC)C1CCCCC1. The summed E-state index contributed by atoms with van der Waals surface area (Å²) in [5.41, 5.74) is 1.31. The predicted octanol–water partition coefficient (Wildman–Crippen LogP) is 3.35. The third-order valence-electron chi connectivity index (χ3n) is 4.34. The molecule has 1 aliphatic rings. The average Bonchev–Trinajstić information content (AvgIpc) is 2.88. The number of nitrogens with one attached hydrogen (secondary N) is 1. The van der Waals surface area contributed by atoms with Crippen molar-refractivity contribution in [1.82, 2.24) is 14.9 Å². The van der Waals surface area contributed by atoms with Crippen molar-refractivity contribution < 1.29 is 0 Å². The van der Waals surface area contributed by atoms with Crippen molar-refractivity contribution in [2.24, 2.45) is 5.92 Å². The predicted molar refractivity (Wildman–Crippen MR) is 75.4 cm³/mol. The Morgan fingerprint density at radius 1 is 1.33 bits per heavy atom. The van der Waals surface area contributed by atoms with Crippen LogP contribution in [0.3, 0.4) is 0 Å². The van der Waals surface area contributed by atoms with Gasteiger partial charge < -0.3 is 9.88 Å². The summed E-state index contributed by atoms with van der Waals surface area (Å²) in [6.07, 6.45) is 12.3. The molecule has 3 heteroatoms. The van der Waals surface area contributed by atoms with E-state index in [1.54, 1.807) is 0 Å². The van der Waals surface area contributed by atoms with Crippen LogP contribution in [0.1, 0.15) is 58.1 Å². The van der Waals surface area contributed by atoms with E-state index in [2.05, 4.69) is 28.7 Å². The van der Waals surface area contributed by atoms with Gasteiger partial charge in [0, 0.05) is 25.3 Å². The number of hydrogen-bond acceptors (Lipinski definition) is 2. The maximum absolute atomic E-state index is 4.23. The Kier molecular flexibility index (Phi) is 5.24. The Bertz CT molecular complexity index is 339. The molecule has 0 aliphatic heterocycles. The molecule has 0 spiro atoms. The third kappa shape index (κ3) is 3.35. The molecule has 1 aromatic rings. The Labute approximate surface area is 111 Å². The zero-order valence-electron chi connectivity index (χ0n) is 11.9. The molecule has 1 aliphatic carbocycles. The Morgan fingerprint density at radius 3 is 2.78 bits per heavy atom. The summed E-state index contributed by atoms with van der Waals surface area (Å²) in [5.74, 6) is 0.891. The van der Waals surface area contributed by atoms with Gasteiger partial charge in [-0.3, -0.25) is 0 Å². The zero-order valence-corrected chi connectivity index (χ0v) is 11.9. The first kappa shape index (κ1) is 13.6. The molecule has 0 saturated heterocycles. The molecule has 1 atom stereocenters. The fourth-order valence-electron chi connectivity index (χ4n) is 3.20. The number of hydrogen-bond donors (Lipinski definition) is 1. The number of imidazole rings is 1. The van der Waals surface area contributed by atoms with E-state index in [-0.39, 0.29) is 0 Å². The second kappa shape index (κ2) is 6.93. The summed E-state index contributed by atoms with van der Waals surface area (Å²) in [6.45, 7) is 6.45. The first-order valence-electron chi connectivity index (χ1n) is 7.57. The van der Waals surface area contributed by atoms with E-state index in [9.17, 15) is 0 Å². The molecule has 0 bridgehead atoms. The Hall–Kier alpha value is -0.830. The van der Waals surface area contributed by atoms with Gasteiger partial charge in [-0.15, -0.1) is 0 Å². The summed E-state index contributed by atoms with van der Waals surface area (Å²) in [6, 6.07) is 0.686. The highest BCUT2D eigenvalue weighted by Crippen LogP contribution is 2.27. The molecule has 0 aromatic carbocycles. The van der Waals surface area contributed by atoms with Crippen LogP contribution in [0.25, 0.3) is 0 Å². The summed E-state index contributed by atoms with van der Waals surface area (Å²) in [7, 11) is 0. The van der Waals surface area contributed by atoms with Gasteiger partial charge >= 0.3 is 0 Å². The summed E-state index contributed by atoms with van der Waals surface area (Å²) >= 11 is 0. The number of aryl methyl sites for hydroxylation is 1. The van der Waals surface area contributed by atoms with Gasteiger partial charge in [-0.25, -0.2) is 4.98 Å². The molecule has 1 aromatic heterocycles. The van der Waals surface area contributed by atoms with E-state index in [1.807, 2.05) is 12.5 Å². The maximum Gasteiger partial charge on any atom is 0.0948 e. The lowest BCUT2D eigenvalue weighted by Crippen LogP contribution is -2.36. The minimum atomic E-state index is 0.686. The van der Waals surface area contributed by atoms with E-state index in [0.29, 0.717) is 6.04 Å². The van der Waals surface area contributed by atoms with Gasteiger partial charge in [-0.1, -0.05) is 26.2 Å². The third-order valence-corrected chi connectivity index (χ3v) is 4.34. The van der Waals surface area contributed by atoms with E-state index >= 15 is 0 Å². The van der Waals surface area contributed by atoms with Crippen molar-refractivity contribution in [1.29, 1.82) is 0 Å². The molecule has 102 valence electrons. The highest BCUT2D eigenvalue weighted by Gasteiger charge is 2.21. The van der Waals surface area contributed by atoms with Crippen LogP contribution < -0.4 is 5.32 Å². The van der Waals surface area contributed by atoms with Crippen LogP contribution in [0.2, 0.25) is 0 Å². The van der Waals surface area contributed by atoms with Crippen LogP contribution in [0.5, 0.6) is 0 Å². The molecule has 1 N–H and O–H groups in total. The van der Waals surface area contributed by atoms with E-state index in [4.69, 9.17) is 0 Å². The largest absolute Gasteiger partial charge is 0.334 e. The first-order valence-corrected chi connectivity index (χ1v) is 7.57. The van der Waals surface area contributed by atoms with Crippen molar-refractivity contribution in [3.8, 4) is 0 Å². The highest BCUT2D eigenvalue weighted by atomic mass is 15.1. The lowest BCUT2D eigenvalue weighted by molar-refractivity contribution is 0.260. The molecule has 1 saturated carbocycles. The lowest BCUT2D eigenvalue weighted by atomic mass is 9.83. The van der Waals surface area contributed by atoms with Crippen LogP contribution >= 0.6 is 0 Å². The van der Waals surface area contributed by atoms with Crippen LogP contribution in [0.15, 0.2) is 12.5 Å². The van der Waals surface area contributed by atoms with Crippen molar-refractivity contribution in [3.63, 3.8) is 0 Å². The maximum atomic E-state index is 4.23. The summed E-state index contributed by atoms with van der Waals surface area (Å²) < 4.78 is 2.22. The van der Waals surface area contributed by atoms with Crippen molar-refractivity contribution in [2.45, 2.75) is 71.5 Å². The number of aromatic nitrogens is 2. The van der Waals surface area contributed by atoms with Crippen molar-refractivity contribution in [2.75, 3.05) is 0 Å². The van der Waals surface area contributed by atoms with Crippen LogP contribution in [-0.2, 0) is 13.1 Å². The average molecular weight is 249 g/mol. The van der Waals surface area contributed by atoms with Crippen LogP contribution in [-0.4, -0.2) is 15.6 Å². The van der Waals surface area contributed by atoms with Crippen molar-refractivity contribution in [3.05, 3.63) is 18.2 Å². The zero-order chi connectivity index (χ0) is 12.8. The van der Waals surface area contributed by atoms with Gasteiger partial charge in [-0.2, -0.15) is 0 Å². The Balaban J connectivity index is 1.86. The molecular weight excluding hydrogens is 222 g/mol. The summed E-state index contributed by atoms with van der Waals surface area (Å²) in [5, 5.41) is 3.76. The second-order valence-electron chi connectivity index (χ2n) is 5.46. The molecule has 1 fully saturated rings. The standard InChI is InChI=1S/C15H27N3/c1-3-15(13-8-6-5-7-9-13)17-11-14-10-16-12-18(14)4-2/h10,12-13,15,17H,3-9,11H2,1-2H3. The normalized spacial score (nSPS) is 19.0. The molecule has 18 heavy (non-hydrogen) atoms. The first-order chi connectivity index (χ1) is 8.85. The van der Waals surface area contributed by atoms with Gasteiger partial charge in [0.05, 0.1) is 12.0 Å². The van der Waals surface area contributed by atoms with Gasteiger partial charge in [-0.05, 0) is 32.1 Å². The van der Waals surface area contributed by atoms with E-state index < -0.39 is 0 Å². The van der Waals surface area contributed by atoms with Gasteiger partial charge in [0.25, 0.3) is 0 Å². The monoisotopic (exact) mass is 249 g/mol. The molecular formula is C15H27N3. The molecule has 0 radical (unpaired) electrons. The molecule has 2 rings (SSSR count). The van der Waals surface area contributed by atoms with Gasteiger partial charge in [0.2, 0.25) is 0 Å². The fraction of sp³-hybridized carbons (Fsp3) is 0.800. The van der Waals surface area contributed by atoms with Gasteiger partial charge in [0.1, 0.15) is 0 Å². The molecule has 1 unspecified atom stereocenters. The topological polar surface area (TPSA) is 29.9 Å². The summed E-state index contributed by atoms with van der Waals surface area (Å²) in [4.78, 5) is 4.23. The number of rotatable bonds is 6. The smallest absolute Gasteiger partial charge is 0.0948 e. The second-order valence-corrected chi connectivity index (χ2v) is 5.46. The molecule has 1 heterocycles. The molecule has 3 nitrogen and oxygen atoms in total. The number of nitrogens with zero attached hydrogens (tertiary/aromatic N) is 2. The fourth-order valence-corrected chi connectivity index (χ4v) is 3.20. The van der Waals surface area contributed by atoms with E-state index in [1.165, 1.54) is 44.2 Å². The van der Waals surface area contributed by atoms with Crippen LogP contribution in [0.4, 0.5) is 0 Å². The van der Waals surface area contributed by atoms with Crippen molar-refractivity contribution >= 4 is 0 Å². The minimum absolute atomic E-state index is 0.686. The highest BCUT2D eigenvalue weighted by molar-refractivity contribution is 4.98. The van der Waals surface area contributed by atoms with E-state index in [0.717, 1.165) is 19.0 Å². The van der Waals surface area contributed by atoms with Crippen LogP contribution in [0, 0.1) is 5.92 Å². The van der Waals surface area contributed by atoms with Gasteiger partial charge in [0.15, 0.2) is 0 Å². The Morgan fingerprint density at radius 2 is 2.11 bits per heavy atom. The lowest BCUT2D eigenvalue weighted by Gasteiger charge is -2.30.